The van der Waals surface area contributed by atoms with Crippen LogP contribution in [-0.4, -0.2) is 39.8 Å². The van der Waals surface area contributed by atoms with Gasteiger partial charge in [0.2, 0.25) is 5.88 Å². The average molecular weight is 418 g/mol. The molecule has 2 heterocycles. The van der Waals surface area contributed by atoms with Crippen molar-refractivity contribution in [2.45, 2.75) is 25.7 Å². The number of hydrogen-bond acceptors (Lipinski definition) is 8. The van der Waals surface area contributed by atoms with E-state index in [1.165, 1.54) is 31.4 Å². The second kappa shape index (κ2) is 7.56. The molecule has 1 aromatic carbocycles. The lowest BCUT2D eigenvalue weighted by Gasteiger charge is -2.08. The minimum atomic E-state index is -4.29. The molecule has 0 amide bonds. The monoisotopic (exact) mass is 418 g/mol. The highest BCUT2D eigenvalue weighted by atomic mass is 32.2. The molecular formula is C17H18N6O5S. The first-order chi connectivity index (χ1) is 13.6. The summed E-state index contributed by atoms with van der Waals surface area (Å²) in [4.78, 5) is 21.0. The van der Waals surface area contributed by atoms with Crippen molar-refractivity contribution in [3.8, 4) is 11.8 Å². The first-order valence-corrected chi connectivity index (χ1v) is 9.76. The molecule has 0 saturated heterocycles. The average Bonchev–Trinajstić information content (AvgIpc) is 2.95. The van der Waals surface area contributed by atoms with Crippen LogP contribution in [0, 0.1) is 20.8 Å². The second-order valence-corrected chi connectivity index (χ2v) is 7.56. The molecule has 0 unspecified atom stereocenters. The third-order valence-corrected chi connectivity index (χ3v) is 5.03. The van der Waals surface area contributed by atoms with Gasteiger partial charge in [-0.3, -0.25) is 14.4 Å². The highest BCUT2D eigenvalue weighted by molar-refractivity contribution is 7.85. The fraction of sp³-hybridized carbons (Fsp3) is 0.235. The minimum Gasteiger partial charge on any atom is -0.481 e. The zero-order chi connectivity index (χ0) is 21.3. The highest BCUT2D eigenvalue weighted by Crippen LogP contribution is 2.22. The number of ether oxygens (including phenoxy) is 1. The summed E-state index contributed by atoms with van der Waals surface area (Å²) >= 11 is 0. The van der Waals surface area contributed by atoms with Gasteiger partial charge in [0, 0.05) is 11.3 Å². The normalized spacial score (nSPS) is 11.9. The summed E-state index contributed by atoms with van der Waals surface area (Å²) in [6.07, 6.45) is 0. The standard InChI is InChI=1S/C17H18N6O5S/c1-9-10(2)18-17(19-15(9)28-4)23-16(24)14(11(3)22-23)21-20-12-5-7-13(8-6-12)29(25,26)27/h5-8,22H,1-4H3,(H,25,26,27). The Morgan fingerprint density at radius 2 is 1.76 bits per heavy atom. The molecule has 12 heteroatoms. The number of nitrogens with zero attached hydrogens (tertiary/aromatic N) is 5. The van der Waals surface area contributed by atoms with E-state index in [0.29, 0.717) is 23.0 Å². The van der Waals surface area contributed by atoms with Crippen LogP contribution in [0.3, 0.4) is 0 Å². The third-order valence-electron chi connectivity index (χ3n) is 4.17. The van der Waals surface area contributed by atoms with Crippen LogP contribution in [0.4, 0.5) is 11.4 Å². The van der Waals surface area contributed by atoms with E-state index >= 15 is 0 Å². The van der Waals surface area contributed by atoms with Gasteiger partial charge in [-0.1, -0.05) is 0 Å². The van der Waals surface area contributed by atoms with E-state index in [2.05, 4.69) is 25.3 Å². The zero-order valence-electron chi connectivity index (χ0n) is 16.0. The molecule has 3 rings (SSSR count). The van der Waals surface area contributed by atoms with Gasteiger partial charge in [-0.05, 0) is 45.0 Å². The number of aryl methyl sites for hydroxylation is 2. The minimum absolute atomic E-state index is 0.0460. The van der Waals surface area contributed by atoms with E-state index < -0.39 is 15.7 Å². The Labute approximate surface area is 165 Å². The number of azo groups is 1. The number of nitrogens with one attached hydrogen (secondary N) is 1. The smallest absolute Gasteiger partial charge is 0.301 e. The maximum atomic E-state index is 12.7. The van der Waals surface area contributed by atoms with Crippen LogP contribution in [0.15, 0.2) is 44.2 Å². The highest BCUT2D eigenvalue weighted by Gasteiger charge is 2.17. The molecule has 0 saturated carbocycles. The SMILES string of the molecule is COc1nc(-n2[nH]c(C)c(N=Nc3ccc(S(=O)(=O)O)cc3)c2=O)nc(C)c1C. The molecule has 3 aromatic rings. The van der Waals surface area contributed by atoms with Crippen molar-refractivity contribution < 1.29 is 17.7 Å². The molecule has 2 N–H and O–H groups in total. The number of rotatable bonds is 5. The maximum Gasteiger partial charge on any atom is 0.301 e. The molecule has 0 atom stereocenters. The lowest BCUT2D eigenvalue weighted by atomic mass is 10.3. The largest absolute Gasteiger partial charge is 0.481 e. The maximum absolute atomic E-state index is 12.7. The van der Waals surface area contributed by atoms with Crippen LogP contribution in [0.5, 0.6) is 5.88 Å². The van der Waals surface area contributed by atoms with Gasteiger partial charge in [-0.2, -0.15) is 23.2 Å². The summed E-state index contributed by atoms with van der Waals surface area (Å²) in [6, 6.07) is 5.07. The molecule has 2 aromatic heterocycles. The molecule has 0 spiro atoms. The van der Waals surface area contributed by atoms with Gasteiger partial charge < -0.3 is 4.74 Å². The molecule has 0 fully saturated rings. The van der Waals surface area contributed by atoms with Crippen LogP contribution in [0.25, 0.3) is 5.95 Å². The Morgan fingerprint density at radius 3 is 2.34 bits per heavy atom. The number of aromatic nitrogens is 4. The number of aromatic amines is 1. The van der Waals surface area contributed by atoms with Crippen LogP contribution in [0.1, 0.15) is 17.0 Å². The summed E-state index contributed by atoms with van der Waals surface area (Å²) < 4.78 is 37.5. The lowest BCUT2D eigenvalue weighted by Crippen LogP contribution is -2.18. The molecule has 29 heavy (non-hydrogen) atoms. The van der Waals surface area contributed by atoms with E-state index in [1.807, 2.05) is 6.92 Å². The van der Waals surface area contributed by atoms with Gasteiger partial charge in [-0.25, -0.2) is 4.98 Å². The van der Waals surface area contributed by atoms with Crippen molar-refractivity contribution in [1.29, 1.82) is 0 Å². The summed E-state index contributed by atoms with van der Waals surface area (Å²) in [6.45, 7) is 5.24. The first kappa shape index (κ1) is 20.4. The van der Waals surface area contributed by atoms with Gasteiger partial charge in [0.1, 0.15) is 0 Å². The summed E-state index contributed by atoms with van der Waals surface area (Å²) in [7, 11) is -2.81. The molecule has 11 nitrogen and oxygen atoms in total. The van der Waals surface area contributed by atoms with Crippen molar-refractivity contribution >= 4 is 21.5 Å². The van der Waals surface area contributed by atoms with Gasteiger partial charge in [0.25, 0.3) is 16.1 Å². The summed E-state index contributed by atoms with van der Waals surface area (Å²) in [5.41, 5.74) is 1.70. The quantitative estimate of drug-likeness (QED) is 0.477. The molecular weight excluding hydrogens is 400 g/mol. The number of methoxy groups -OCH3 is 1. The van der Waals surface area contributed by atoms with Gasteiger partial charge in [0.05, 0.1) is 23.4 Å². The van der Waals surface area contributed by atoms with Gasteiger partial charge in [0.15, 0.2) is 5.69 Å². The number of H-pyrrole nitrogens is 1. The summed E-state index contributed by atoms with van der Waals surface area (Å²) in [5, 5.41) is 10.8. The van der Waals surface area contributed by atoms with Crippen molar-refractivity contribution in [3.63, 3.8) is 0 Å². The van der Waals surface area contributed by atoms with Crippen molar-refractivity contribution in [2.24, 2.45) is 10.2 Å². The van der Waals surface area contributed by atoms with Crippen LogP contribution in [0.2, 0.25) is 0 Å². The fourth-order valence-electron chi connectivity index (χ4n) is 2.48. The first-order valence-electron chi connectivity index (χ1n) is 8.32. The Bertz CT molecular complexity index is 1260. The number of benzene rings is 1. The van der Waals surface area contributed by atoms with E-state index in [0.717, 1.165) is 10.2 Å². The van der Waals surface area contributed by atoms with Crippen LogP contribution in [-0.2, 0) is 10.1 Å². The van der Waals surface area contributed by atoms with Crippen LogP contribution < -0.4 is 10.3 Å². The molecule has 0 aliphatic rings. The predicted molar refractivity (Wildman–Crippen MR) is 103 cm³/mol. The van der Waals surface area contributed by atoms with Gasteiger partial charge >= 0.3 is 5.56 Å². The zero-order valence-corrected chi connectivity index (χ0v) is 16.9. The van der Waals surface area contributed by atoms with Crippen molar-refractivity contribution in [2.75, 3.05) is 7.11 Å². The Balaban J connectivity index is 1.98. The topological polar surface area (TPSA) is 152 Å². The second-order valence-electron chi connectivity index (χ2n) is 6.14. The molecule has 0 aliphatic carbocycles. The number of hydrogen-bond donors (Lipinski definition) is 2. The Morgan fingerprint density at radius 1 is 1.10 bits per heavy atom. The molecule has 0 radical (unpaired) electrons. The third kappa shape index (κ3) is 4.07. The molecule has 0 aliphatic heterocycles. The van der Waals surface area contributed by atoms with E-state index in [-0.39, 0.29) is 16.5 Å². The van der Waals surface area contributed by atoms with Gasteiger partial charge in [-0.15, -0.1) is 5.11 Å². The Hall–Kier alpha value is -3.38. The lowest BCUT2D eigenvalue weighted by molar-refractivity contribution is 0.391. The molecule has 152 valence electrons. The van der Waals surface area contributed by atoms with Crippen molar-refractivity contribution in [1.82, 2.24) is 19.7 Å². The van der Waals surface area contributed by atoms with E-state index in [1.54, 1.807) is 13.8 Å². The van der Waals surface area contributed by atoms with Crippen molar-refractivity contribution in [3.05, 3.63) is 51.6 Å². The van der Waals surface area contributed by atoms with E-state index in [4.69, 9.17) is 9.29 Å². The van der Waals surface area contributed by atoms with E-state index in [9.17, 15) is 13.2 Å². The van der Waals surface area contributed by atoms with Crippen LogP contribution >= 0.6 is 0 Å². The summed E-state index contributed by atoms with van der Waals surface area (Å²) in [5.74, 6) is 0.464. The fourth-order valence-corrected chi connectivity index (χ4v) is 2.96. The molecule has 0 bridgehead atoms. The predicted octanol–water partition coefficient (Wildman–Crippen LogP) is 2.55. The Kier molecular flexibility index (Phi) is 5.31.